The second-order valence-electron chi connectivity index (χ2n) is 5.36. The number of aromatic nitrogens is 2. The Balaban J connectivity index is 1.75. The molecule has 100 valence electrons. The van der Waals surface area contributed by atoms with Crippen LogP contribution in [-0.2, 0) is 6.54 Å². The molecule has 0 saturated carbocycles. The molecule has 1 atom stereocenters. The molecule has 1 aliphatic rings. The number of benzene rings is 1. The van der Waals surface area contributed by atoms with Gasteiger partial charge < -0.3 is 5.73 Å². The quantitative estimate of drug-likeness (QED) is 0.909. The van der Waals surface area contributed by atoms with E-state index in [2.05, 4.69) is 41.3 Å². The summed E-state index contributed by atoms with van der Waals surface area (Å²) in [4.78, 5) is 2.39. The van der Waals surface area contributed by atoms with Crippen molar-refractivity contribution in [2.24, 2.45) is 5.73 Å². The van der Waals surface area contributed by atoms with Gasteiger partial charge in [0, 0.05) is 37.4 Å². The molecule has 19 heavy (non-hydrogen) atoms. The first kappa shape index (κ1) is 12.4. The minimum absolute atomic E-state index is 0.339. The molecule has 0 bridgehead atoms. The van der Waals surface area contributed by atoms with E-state index in [-0.39, 0.29) is 0 Å². The number of nitrogens with two attached hydrogens (primary N) is 1. The summed E-state index contributed by atoms with van der Waals surface area (Å²) in [5, 5.41) is 4.47. The molecular formula is C15H20N4. The maximum atomic E-state index is 5.93. The molecule has 0 unspecified atom stereocenters. The Bertz CT molecular complexity index is 561. The number of rotatable bonds is 3. The van der Waals surface area contributed by atoms with Gasteiger partial charge in [-0.2, -0.15) is 5.10 Å². The van der Waals surface area contributed by atoms with E-state index in [1.54, 1.807) is 0 Å². The number of hydrogen-bond donors (Lipinski definition) is 1. The highest BCUT2D eigenvalue weighted by atomic mass is 15.3. The number of likely N-dealkylation sites (tertiary alicyclic amines) is 1. The predicted molar refractivity (Wildman–Crippen MR) is 76.2 cm³/mol. The van der Waals surface area contributed by atoms with Crippen LogP contribution >= 0.6 is 0 Å². The molecule has 3 rings (SSSR count). The summed E-state index contributed by atoms with van der Waals surface area (Å²) in [5.41, 5.74) is 9.56. The van der Waals surface area contributed by atoms with Crippen molar-refractivity contribution in [2.45, 2.75) is 25.9 Å². The van der Waals surface area contributed by atoms with Crippen LogP contribution in [0.1, 0.15) is 17.5 Å². The van der Waals surface area contributed by atoms with Gasteiger partial charge in [0.05, 0.1) is 11.9 Å². The molecule has 0 aliphatic carbocycles. The predicted octanol–water partition coefficient (Wildman–Crippen LogP) is 1.71. The van der Waals surface area contributed by atoms with E-state index >= 15 is 0 Å². The average Bonchev–Trinajstić information content (AvgIpc) is 3.00. The molecule has 1 aromatic carbocycles. The van der Waals surface area contributed by atoms with Crippen molar-refractivity contribution < 1.29 is 0 Å². The highest BCUT2D eigenvalue weighted by Gasteiger charge is 2.19. The van der Waals surface area contributed by atoms with Crippen molar-refractivity contribution in [3.63, 3.8) is 0 Å². The smallest absolute Gasteiger partial charge is 0.0674 e. The summed E-state index contributed by atoms with van der Waals surface area (Å²) in [5.74, 6) is 0. The molecule has 0 radical (unpaired) electrons. The number of aryl methyl sites for hydroxylation is 1. The largest absolute Gasteiger partial charge is 0.326 e. The van der Waals surface area contributed by atoms with Crippen LogP contribution in [0, 0.1) is 6.92 Å². The zero-order valence-electron chi connectivity index (χ0n) is 11.3. The van der Waals surface area contributed by atoms with Crippen LogP contribution < -0.4 is 5.73 Å². The van der Waals surface area contributed by atoms with Crippen molar-refractivity contribution in [2.75, 3.05) is 13.1 Å². The minimum atomic E-state index is 0.339. The van der Waals surface area contributed by atoms with Gasteiger partial charge in [-0.25, -0.2) is 4.68 Å². The van der Waals surface area contributed by atoms with E-state index < -0.39 is 0 Å². The van der Waals surface area contributed by atoms with Gasteiger partial charge in [0.1, 0.15) is 0 Å². The topological polar surface area (TPSA) is 47.1 Å². The van der Waals surface area contributed by atoms with Crippen molar-refractivity contribution in [1.82, 2.24) is 14.7 Å². The van der Waals surface area contributed by atoms with Crippen LogP contribution in [-0.4, -0.2) is 33.8 Å². The zero-order chi connectivity index (χ0) is 13.2. The molecule has 4 nitrogen and oxygen atoms in total. The zero-order valence-corrected chi connectivity index (χ0v) is 11.3. The Hall–Kier alpha value is -1.65. The third kappa shape index (κ3) is 2.69. The van der Waals surface area contributed by atoms with Gasteiger partial charge in [0.25, 0.3) is 0 Å². The lowest BCUT2D eigenvalue weighted by molar-refractivity contribution is 0.327. The van der Waals surface area contributed by atoms with E-state index in [0.717, 1.165) is 31.7 Å². The first-order chi connectivity index (χ1) is 9.22. The van der Waals surface area contributed by atoms with Gasteiger partial charge in [0.2, 0.25) is 0 Å². The molecule has 2 aromatic rings. The normalized spacial score (nSPS) is 20.0. The molecule has 0 amide bonds. The van der Waals surface area contributed by atoms with E-state index in [1.165, 1.54) is 11.1 Å². The van der Waals surface area contributed by atoms with Crippen LogP contribution in [0.15, 0.2) is 36.7 Å². The van der Waals surface area contributed by atoms with Crippen molar-refractivity contribution in [3.05, 3.63) is 47.8 Å². The molecule has 1 fully saturated rings. The molecule has 0 spiro atoms. The van der Waals surface area contributed by atoms with Crippen LogP contribution in [0.25, 0.3) is 5.69 Å². The Morgan fingerprint density at radius 2 is 2.21 bits per heavy atom. The lowest BCUT2D eigenvalue weighted by atomic mass is 10.2. The first-order valence-electron chi connectivity index (χ1n) is 6.80. The monoisotopic (exact) mass is 256 g/mol. The van der Waals surface area contributed by atoms with Crippen LogP contribution in [0.2, 0.25) is 0 Å². The Morgan fingerprint density at radius 1 is 1.37 bits per heavy atom. The van der Waals surface area contributed by atoms with Gasteiger partial charge in [-0.1, -0.05) is 18.2 Å². The van der Waals surface area contributed by atoms with Crippen molar-refractivity contribution in [1.29, 1.82) is 0 Å². The second kappa shape index (κ2) is 5.15. The standard InChI is InChI=1S/C15H20N4/c1-12-4-2-3-5-15(12)19-10-13(8-17-19)9-18-7-6-14(16)11-18/h2-5,8,10,14H,6-7,9,11,16H2,1H3/t14-/m0/s1. The molecule has 2 heterocycles. The molecule has 1 saturated heterocycles. The summed E-state index contributed by atoms with van der Waals surface area (Å²) < 4.78 is 1.96. The Morgan fingerprint density at radius 3 is 2.95 bits per heavy atom. The highest BCUT2D eigenvalue weighted by molar-refractivity contribution is 5.39. The fourth-order valence-electron chi connectivity index (χ4n) is 2.66. The minimum Gasteiger partial charge on any atom is -0.326 e. The van der Waals surface area contributed by atoms with Crippen LogP contribution in [0.3, 0.4) is 0 Å². The summed E-state index contributed by atoms with van der Waals surface area (Å²) >= 11 is 0. The SMILES string of the molecule is Cc1ccccc1-n1cc(CN2CC[C@H](N)C2)cn1. The fourth-order valence-corrected chi connectivity index (χ4v) is 2.66. The summed E-state index contributed by atoms with van der Waals surface area (Å²) in [7, 11) is 0. The summed E-state index contributed by atoms with van der Waals surface area (Å²) in [6.45, 7) is 5.14. The highest BCUT2D eigenvalue weighted by Crippen LogP contribution is 2.15. The Labute approximate surface area is 113 Å². The summed E-state index contributed by atoms with van der Waals surface area (Å²) in [6, 6.07) is 8.64. The molecule has 4 heteroatoms. The number of hydrogen-bond acceptors (Lipinski definition) is 3. The third-order valence-electron chi connectivity index (χ3n) is 3.71. The third-order valence-corrected chi connectivity index (χ3v) is 3.71. The van der Waals surface area contributed by atoms with E-state index in [0.29, 0.717) is 6.04 Å². The number of nitrogens with zero attached hydrogens (tertiary/aromatic N) is 3. The average molecular weight is 256 g/mol. The summed E-state index contributed by atoms with van der Waals surface area (Å²) in [6.07, 6.45) is 5.17. The van der Waals surface area contributed by atoms with Gasteiger partial charge >= 0.3 is 0 Å². The lowest BCUT2D eigenvalue weighted by Gasteiger charge is -2.13. The van der Waals surface area contributed by atoms with Crippen molar-refractivity contribution in [3.8, 4) is 5.69 Å². The van der Waals surface area contributed by atoms with Crippen LogP contribution in [0.4, 0.5) is 0 Å². The Kier molecular flexibility index (Phi) is 3.36. The molecule has 1 aromatic heterocycles. The molecule has 2 N–H and O–H groups in total. The van der Waals surface area contributed by atoms with E-state index in [1.807, 2.05) is 16.9 Å². The lowest BCUT2D eigenvalue weighted by Crippen LogP contribution is -2.26. The van der Waals surface area contributed by atoms with E-state index in [9.17, 15) is 0 Å². The van der Waals surface area contributed by atoms with Gasteiger partial charge in [0.15, 0.2) is 0 Å². The maximum Gasteiger partial charge on any atom is 0.0674 e. The molecular weight excluding hydrogens is 236 g/mol. The maximum absolute atomic E-state index is 5.93. The van der Waals surface area contributed by atoms with Gasteiger partial charge in [-0.15, -0.1) is 0 Å². The van der Waals surface area contributed by atoms with Gasteiger partial charge in [-0.3, -0.25) is 4.90 Å². The first-order valence-corrected chi connectivity index (χ1v) is 6.80. The number of para-hydroxylation sites is 1. The van der Waals surface area contributed by atoms with Gasteiger partial charge in [-0.05, 0) is 25.0 Å². The molecule has 1 aliphatic heterocycles. The second-order valence-corrected chi connectivity index (χ2v) is 5.36. The van der Waals surface area contributed by atoms with Crippen molar-refractivity contribution >= 4 is 0 Å². The van der Waals surface area contributed by atoms with Crippen LogP contribution in [0.5, 0.6) is 0 Å². The fraction of sp³-hybridized carbons (Fsp3) is 0.400. The van der Waals surface area contributed by atoms with E-state index in [4.69, 9.17) is 5.73 Å².